The molecule has 2 aliphatic rings. The number of unbranched alkanes of at least 4 members (excludes halogenated alkanes) is 2. The van der Waals surface area contributed by atoms with Crippen molar-refractivity contribution < 1.29 is 9.53 Å². The molecule has 1 saturated heterocycles. The minimum absolute atomic E-state index is 0.0105. The van der Waals surface area contributed by atoms with Gasteiger partial charge in [0.25, 0.3) is 0 Å². The molecule has 1 heterocycles. The lowest BCUT2D eigenvalue weighted by Crippen LogP contribution is -2.13. The third-order valence-corrected chi connectivity index (χ3v) is 4.84. The zero-order chi connectivity index (χ0) is 13.8. The fourth-order valence-corrected chi connectivity index (χ4v) is 3.64. The van der Waals surface area contributed by atoms with Crippen LogP contribution >= 0.6 is 0 Å². The Bertz CT molecular complexity index is 334. The summed E-state index contributed by atoms with van der Waals surface area (Å²) < 4.78 is 5.40. The molecule has 0 aromatic rings. The zero-order valence-electron chi connectivity index (χ0n) is 12.6. The van der Waals surface area contributed by atoms with Crippen molar-refractivity contribution in [3.05, 3.63) is 12.2 Å². The second-order valence-electron chi connectivity index (χ2n) is 6.54. The van der Waals surface area contributed by atoms with E-state index < -0.39 is 0 Å². The van der Waals surface area contributed by atoms with Crippen LogP contribution in [-0.2, 0) is 9.53 Å². The molecule has 1 aliphatic carbocycles. The zero-order valence-corrected chi connectivity index (χ0v) is 12.6. The van der Waals surface area contributed by atoms with Crippen molar-refractivity contribution in [1.82, 2.24) is 0 Å². The number of allylic oxidation sites excluding steroid dienone is 2. The molecular formula is C17H28O2. The Balaban J connectivity index is 1.85. The first-order valence-corrected chi connectivity index (χ1v) is 7.99. The van der Waals surface area contributed by atoms with Gasteiger partial charge in [0.1, 0.15) is 6.10 Å². The van der Waals surface area contributed by atoms with Crippen molar-refractivity contribution in [2.75, 3.05) is 0 Å². The Morgan fingerprint density at radius 1 is 1.42 bits per heavy atom. The van der Waals surface area contributed by atoms with E-state index in [0.29, 0.717) is 30.1 Å². The molecule has 19 heavy (non-hydrogen) atoms. The van der Waals surface area contributed by atoms with Crippen molar-refractivity contribution in [2.45, 2.75) is 65.4 Å². The Morgan fingerprint density at radius 3 is 2.95 bits per heavy atom. The summed E-state index contributed by atoms with van der Waals surface area (Å²) in [5.41, 5.74) is 0. The Labute approximate surface area is 117 Å². The highest BCUT2D eigenvalue weighted by molar-refractivity contribution is 5.72. The van der Waals surface area contributed by atoms with Gasteiger partial charge in [0.15, 0.2) is 0 Å². The van der Waals surface area contributed by atoms with Gasteiger partial charge >= 0.3 is 5.97 Å². The summed E-state index contributed by atoms with van der Waals surface area (Å²) in [5, 5.41) is 0. The molecule has 0 spiro atoms. The molecule has 0 aromatic carbocycles. The first-order valence-electron chi connectivity index (χ1n) is 7.99. The Morgan fingerprint density at radius 2 is 2.21 bits per heavy atom. The van der Waals surface area contributed by atoms with E-state index in [1.807, 2.05) is 0 Å². The summed E-state index contributed by atoms with van der Waals surface area (Å²) >= 11 is 0. The lowest BCUT2D eigenvalue weighted by molar-refractivity contribution is -0.141. The van der Waals surface area contributed by atoms with Gasteiger partial charge in [0, 0.05) is 5.92 Å². The highest BCUT2D eigenvalue weighted by Crippen LogP contribution is 2.45. The van der Waals surface area contributed by atoms with Crippen molar-refractivity contribution >= 4 is 5.97 Å². The van der Waals surface area contributed by atoms with Crippen LogP contribution in [0.15, 0.2) is 12.2 Å². The van der Waals surface area contributed by atoms with Gasteiger partial charge in [-0.15, -0.1) is 0 Å². The second kappa shape index (κ2) is 6.58. The maximum Gasteiger partial charge on any atom is 0.306 e. The fraction of sp³-hybridized carbons (Fsp3) is 0.824. The van der Waals surface area contributed by atoms with Gasteiger partial charge in [-0.05, 0) is 30.6 Å². The van der Waals surface area contributed by atoms with E-state index in [9.17, 15) is 4.79 Å². The van der Waals surface area contributed by atoms with Gasteiger partial charge in [-0.2, -0.15) is 0 Å². The molecule has 0 bridgehead atoms. The van der Waals surface area contributed by atoms with E-state index in [0.717, 1.165) is 6.42 Å². The number of rotatable bonds is 6. The van der Waals surface area contributed by atoms with Gasteiger partial charge in [0.2, 0.25) is 0 Å². The summed E-state index contributed by atoms with van der Waals surface area (Å²) in [6, 6.07) is 0. The molecule has 1 aliphatic heterocycles. The minimum atomic E-state index is 0.0105. The van der Waals surface area contributed by atoms with Gasteiger partial charge < -0.3 is 4.74 Å². The van der Waals surface area contributed by atoms with Crippen LogP contribution < -0.4 is 0 Å². The van der Waals surface area contributed by atoms with Crippen LogP contribution in [0.4, 0.5) is 0 Å². The maximum absolute atomic E-state index is 11.4. The average Bonchev–Trinajstić information content (AvgIpc) is 2.82. The maximum atomic E-state index is 11.4. The van der Waals surface area contributed by atoms with Crippen LogP contribution in [0.3, 0.4) is 0 Å². The smallest absolute Gasteiger partial charge is 0.306 e. The van der Waals surface area contributed by atoms with Gasteiger partial charge in [-0.25, -0.2) is 0 Å². The first kappa shape index (κ1) is 14.6. The van der Waals surface area contributed by atoms with Gasteiger partial charge in [-0.1, -0.05) is 52.2 Å². The number of carbonyl (C=O) groups excluding carboxylic acids is 1. The molecule has 0 unspecified atom stereocenters. The monoisotopic (exact) mass is 264 g/mol. The predicted octanol–water partition coefficient (Wildman–Crippen LogP) is 4.35. The number of carbonyl (C=O) groups is 1. The van der Waals surface area contributed by atoms with E-state index in [1.54, 1.807) is 0 Å². The van der Waals surface area contributed by atoms with Crippen LogP contribution in [0.1, 0.15) is 59.3 Å². The standard InChI is InChI=1S/C17H28O2/c1-4-5-6-7-12(2)8-9-14-13(3)10-16-15(14)11-17(18)19-16/h8-9,12-16H,4-7,10-11H2,1-3H3/b9-8+/t12-,13+,14-,15+,16-/m0/s1. The van der Waals surface area contributed by atoms with E-state index in [1.165, 1.54) is 25.7 Å². The highest BCUT2D eigenvalue weighted by Gasteiger charge is 2.47. The van der Waals surface area contributed by atoms with Gasteiger partial charge in [0.05, 0.1) is 6.42 Å². The predicted molar refractivity (Wildman–Crippen MR) is 77.7 cm³/mol. The summed E-state index contributed by atoms with van der Waals surface area (Å²) in [5.74, 6) is 2.32. The van der Waals surface area contributed by atoms with Crippen LogP contribution in [-0.4, -0.2) is 12.1 Å². The van der Waals surface area contributed by atoms with E-state index in [-0.39, 0.29) is 12.1 Å². The highest BCUT2D eigenvalue weighted by atomic mass is 16.6. The van der Waals surface area contributed by atoms with Crippen LogP contribution in [0, 0.1) is 23.7 Å². The summed E-state index contributed by atoms with van der Waals surface area (Å²) in [6.07, 6.45) is 11.9. The van der Waals surface area contributed by atoms with Crippen LogP contribution in [0.25, 0.3) is 0 Å². The van der Waals surface area contributed by atoms with E-state index >= 15 is 0 Å². The molecule has 0 radical (unpaired) electrons. The van der Waals surface area contributed by atoms with Crippen molar-refractivity contribution in [2.24, 2.45) is 23.7 Å². The molecular weight excluding hydrogens is 236 g/mol. The molecule has 2 fully saturated rings. The molecule has 1 saturated carbocycles. The first-order chi connectivity index (χ1) is 9.11. The lowest BCUT2D eigenvalue weighted by atomic mass is 9.87. The minimum Gasteiger partial charge on any atom is -0.462 e. The van der Waals surface area contributed by atoms with Crippen molar-refractivity contribution in [3.8, 4) is 0 Å². The quantitative estimate of drug-likeness (QED) is 0.405. The molecule has 0 amide bonds. The largest absolute Gasteiger partial charge is 0.462 e. The second-order valence-corrected chi connectivity index (χ2v) is 6.54. The number of hydrogen-bond donors (Lipinski definition) is 0. The molecule has 5 atom stereocenters. The fourth-order valence-electron chi connectivity index (χ4n) is 3.64. The SMILES string of the molecule is CCCCC[C@H](C)/C=C/[C@@H]1[C@H]2CC(=O)O[C@H]2C[C@H]1C. The van der Waals surface area contributed by atoms with Gasteiger partial charge in [-0.3, -0.25) is 4.79 Å². The number of hydrogen-bond acceptors (Lipinski definition) is 2. The number of ether oxygens (including phenoxy) is 1. The van der Waals surface area contributed by atoms with E-state index in [4.69, 9.17) is 4.74 Å². The molecule has 0 aromatic heterocycles. The summed E-state index contributed by atoms with van der Waals surface area (Å²) in [7, 11) is 0. The Hall–Kier alpha value is -0.790. The molecule has 2 rings (SSSR count). The third kappa shape index (κ3) is 3.61. The molecule has 0 N–H and O–H groups in total. The number of esters is 1. The summed E-state index contributed by atoms with van der Waals surface area (Å²) in [6.45, 7) is 6.85. The average molecular weight is 264 g/mol. The molecule has 2 nitrogen and oxygen atoms in total. The normalized spacial score (nSPS) is 35.6. The van der Waals surface area contributed by atoms with Crippen molar-refractivity contribution in [1.29, 1.82) is 0 Å². The van der Waals surface area contributed by atoms with E-state index in [2.05, 4.69) is 32.9 Å². The molecule has 2 heteroatoms. The Kier molecular flexibility index (Phi) is 5.06. The molecule has 108 valence electrons. The van der Waals surface area contributed by atoms with Crippen LogP contribution in [0.2, 0.25) is 0 Å². The number of fused-ring (bicyclic) bond motifs is 1. The third-order valence-electron chi connectivity index (χ3n) is 4.84. The van der Waals surface area contributed by atoms with Crippen LogP contribution in [0.5, 0.6) is 0 Å². The lowest BCUT2D eigenvalue weighted by Gasteiger charge is -2.16. The van der Waals surface area contributed by atoms with Crippen molar-refractivity contribution in [3.63, 3.8) is 0 Å². The summed E-state index contributed by atoms with van der Waals surface area (Å²) in [4.78, 5) is 11.4. The topological polar surface area (TPSA) is 26.3 Å².